The summed E-state index contributed by atoms with van der Waals surface area (Å²) in [6.07, 6.45) is 9.22. The molecular formula is C15H24N2O2S. The summed E-state index contributed by atoms with van der Waals surface area (Å²) in [5, 5.41) is 3.53. The van der Waals surface area contributed by atoms with Crippen LogP contribution in [0.15, 0.2) is 0 Å². The molecule has 0 radical (unpaired) electrons. The fraction of sp³-hybridized carbons (Fsp3) is 0.867. The van der Waals surface area contributed by atoms with E-state index in [1.54, 1.807) is 0 Å². The first-order valence-electron chi connectivity index (χ1n) is 7.77. The smallest absolute Gasteiger partial charge is 0.249 e. The molecule has 0 aromatic heterocycles. The molecule has 1 aliphatic heterocycles. The second-order valence-electron chi connectivity index (χ2n) is 6.44. The molecule has 1 heterocycles. The number of amides is 2. The number of thioether (sulfide) groups is 1. The van der Waals surface area contributed by atoms with Crippen molar-refractivity contribution in [2.75, 3.05) is 6.26 Å². The number of rotatable bonds is 2. The maximum Gasteiger partial charge on any atom is 0.249 e. The van der Waals surface area contributed by atoms with E-state index < -0.39 is 5.54 Å². The first-order valence-corrected chi connectivity index (χ1v) is 9.05. The Kier molecular flexibility index (Phi) is 3.73. The van der Waals surface area contributed by atoms with Crippen LogP contribution in [-0.2, 0) is 9.59 Å². The molecule has 1 N–H and O–H groups in total. The van der Waals surface area contributed by atoms with E-state index in [0.29, 0.717) is 5.25 Å². The van der Waals surface area contributed by atoms with Crippen LogP contribution in [0.3, 0.4) is 0 Å². The standard InChI is InChI=1S/C15H24N2O2S/c1-10-13(18)16-15(8-3-4-9-15)14(19)17(10)11-6-5-7-12(11)20-2/h10-12H,3-9H2,1-2H3,(H,16,18). The normalized spacial score (nSPS) is 36.7. The Morgan fingerprint density at radius 1 is 1.20 bits per heavy atom. The number of carbonyl (C=O) groups is 2. The van der Waals surface area contributed by atoms with Crippen LogP contribution in [0.25, 0.3) is 0 Å². The summed E-state index contributed by atoms with van der Waals surface area (Å²) in [5.74, 6) is 0.228. The molecule has 4 nitrogen and oxygen atoms in total. The van der Waals surface area contributed by atoms with Crippen molar-refractivity contribution in [3.63, 3.8) is 0 Å². The van der Waals surface area contributed by atoms with Crippen LogP contribution >= 0.6 is 11.8 Å². The van der Waals surface area contributed by atoms with Crippen LogP contribution in [0.5, 0.6) is 0 Å². The first-order chi connectivity index (χ1) is 9.59. The summed E-state index contributed by atoms with van der Waals surface area (Å²) in [5.41, 5.74) is -0.574. The van der Waals surface area contributed by atoms with E-state index in [1.807, 2.05) is 23.6 Å². The lowest BCUT2D eigenvalue weighted by Gasteiger charge is -2.47. The number of hydrogen-bond donors (Lipinski definition) is 1. The van der Waals surface area contributed by atoms with Crippen molar-refractivity contribution in [3.05, 3.63) is 0 Å². The minimum absolute atomic E-state index is 0.0400. The SMILES string of the molecule is CSC1CCCC1N1C(=O)C2(CCCC2)NC(=O)C1C. The van der Waals surface area contributed by atoms with Gasteiger partial charge in [-0.15, -0.1) is 0 Å². The highest BCUT2D eigenvalue weighted by atomic mass is 32.2. The van der Waals surface area contributed by atoms with Crippen molar-refractivity contribution in [1.29, 1.82) is 0 Å². The zero-order chi connectivity index (χ0) is 14.3. The molecule has 2 aliphatic carbocycles. The van der Waals surface area contributed by atoms with E-state index in [9.17, 15) is 9.59 Å². The number of carbonyl (C=O) groups excluding carboxylic acids is 2. The molecule has 1 saturated heterocycles. The van der Waals surface area contributed by atoms with Gasteiger partial charge < -0.3 is 10.2 Å². The fourth-order valence-corrected chi connectivity index (χ4v) is 5.18. The first kappa shape index (κ1) is 14.2. The van der Waals surface area contributed by atoms with E-state index in [4.69, 9.17) is 0 Å². The van der Waals surface area contributed by atoms with Crippen molar-refractivity contribution in [3.8, 4) is 0 Å². The Morgan fingerprint density at radius 3 is 2.55 bits per heavy atom. The zero-order valence-electron chi connectivity index (χ0n) is 12.4. The molecule has 112 valence electrons. The number of nitrogens with one attached hydrogen (secondary N) is 1. The fourth-order valence-electron chi connectivity index (χ4n) is 4.20. The molecule has 5 heteroatoms. The van der Waals surface area contributed by atoms with E-state index in [0.717, 1.165) is 38.5 Å². The topological polar surface area (TPSA) is 49.4 Å². The predicted molar refractivity (Wildman–Crippen MR) is 80.6 cm³/mol. The van der Waals surface area contributed by atoms with Gasteiger partial charge in [0.1, 0.15) is 11.6 Å². The zero-order valence-corrected chi connectivity index (χ0v) is 13.2. The Morgan fingerprint density at radius 2 is 1.90 bits per heavy atom. The van der Waals surface area contributed by atoms with Gasteiger partial charge in [-0.05, 0) is 38.9 Å². The summed E-state index contributed by atoms with van der Waals surface area (Å²) in [7, 11) is 0. The van der Waals surface area contributed by atoms with Crippen molar-refractivity contribution < 1.29 is 9.59 Å². The van der Waals surface area contributed by atoms with Crippen molar-refractivity contribution in [1.82, 2.24) is 10.2 Å². The lowest BCUT2D eigenvalue weighted by molar-refractivity contribution is -0.156. The highest BCUT2D eigenvalue weighted by Gasteiger charge is 2.53. The maximum atomic E-state index is 13.1. The highest BCUT2D eigenvalue weighted by molar-refractivity contribution is 7.99. The average molecular weight is 296 g/mol. The molecule has 0 aromatic rings. The second kappa shape index (κ2) is 5.24. The average Bonchev–Trinajstić information content (AvgIpc) is 3.07. The largest absolute Gasteiger partial charge is 0.340 e. The Bertz CT molecular complexity index is 420. The molecule has 3 fully saturated rings. The molecule has 2 amide bonds. The van der Waals surface area contributed by atoms with Crippen LogP contribution in [0, 0.1) is 0 Å². The Balaban J connectivity index is 1.90. The lowest BCUT2D eigenvalue weighted by atomic mass is 9.89. The van der Waals surface area contributed by atoms with Gasteiger partial charge in [-0.25, -0.2) is 0 Å². The number of nitrogens with zero attached hydrogens (tertiary/aromatic N) is 1. The van der Waals surface area contributed by atoms with Crippen LogP contribution in [0.1, 0.15) is 51.9 Å². The van der Waals surface area contributed by atoms with Crippen molar-refractivity contribution in [2.24, 2.45) is 0 Å². The third-order valence-electron chi connectivity index (χ3n) is 5.34. The molecule has 3 rings (SSSR count). The second-order valence-corrected chi connectivity index (χ2v) is 7.52. The predicted octanol–water partition coefficient (Wildman–Crippen LogP) is 1.93. The van der Waals surface area contributed by atoms with Gasteiger partial charge >= 0.3 is 0 Å². The third kappa shape index (κ3) is 2.05. The molecule has 3 unspecified atom stereocenters. The maximum absolute atomic E-state index is 13.1. The van der Waals surface area contributed by atoms with Crippen LogP contribution in [0.2, 0.25) is 0 Å². The summed E-state index contributed by atoms with van der Waals surface area (Å²) >= 11 is 1.84. The van der Waals surface area contributed by atoms with Gasteiger partial charge in [0.25, 0.3) is 0 Å². The van der Waals surface area contributed by atoms with Gasteiger partial charge in [-0.1, -0.05) is 19.3 Å². The third-order valence-corrected chi connectivity index (χ3v) is 6.49. The van der Waals surface area contributed by atoms with E-state index in [1.165, 1.54) is 6.42 Å². The van der Waals surface area contributed by atoms with E-state index in [2.05, 4.69) is 11.6 Å². The molecule has 20 heavy (non-hydrogen) atoms. The van der Waals surface area contributed by atoms with Crippen LogP contribution < -0.4 is 5.32 Å². The monoisotopic (exact) mass is 296 g/mol. The van der Waals surface area contributed by atoms with Gasteiger partial charge in [0.2, 0.25) is 11.8 Å². The molecule has 3 atom stereocenters. The molecule has 0 aromatic carbocycles. The molecular weight excluding hydrogens is 272 g/mol. The van der Waals surface area contributed by atoms with Gasteiger partial charge in [0.05, 0.1) is 0 Å². The Labute approximate surface area is 125 Å². The molecule has 1 spiro atoms. The highest BCUT2D eigenvalue weighted by Crippen LogP contribution is 2.40. The van der Waals surface area contributed by atoms with Gasteiger partial charge in [-0.2, -0.15) is 11.8 Å². The summed E-state index contributed by atoms with van der Waals surface area (Å²) in [6.45, 7) is 1.88. The van der Waals surface area contributed by atoms with E-state index >= 15 is 0 Å². The minimum Gasteiger partial charge on any atom is -0.340 e. The molecule has 0 bridgehead atoms. The number of hydrogen-bond acceptors (Lipinski definition) is 3. The van der Waals surface area contributed by atoms with Crippen LogP contribution in [0.4, 0.5) is 0 Å². The lowest BCUT2D eigenvalue weighted by Crippen LogP contribution is -2.71. The van der Waals surface area contributed by atoms with E-state index in [-0.39, 0.29) is 23.9 Å². The van der Waals surface area contributed by atoms with Crippen LogP contribution in [-0.4, -0.2) is 45.8 Å². The summed E-state index contributed by atoms with van der Waals surface area (Å²) in [6, 6.07) is -0.0671. The molecule has 2 saturated carbocycles. The van der Waals surface area contributed by atoms with Crippen molar-refractivity contribution >= 4 is 23.6 Å². The van der Waals surface area contributed by atoms with Gasteiger partial charge in [0.15, 0.2) is 0 Å². The summed E-state index contributed by atoms with van der Waals surface area (Å²) in [4.78, 5) is 27.3. The Hall–Kier alpha value is -0.710. The van der Waals surface area contributed by atoms with Gasteiger partial charge in [-0.3, -0.25) is 9.59 Å². The summed E-state index contributed by atoms with van der Waals surface area (Å²) < 4.78 is 0. The molecule has 3 aliphatic rings. The van der Waals surface area contributed by atoms with Crippen molar-refractivity contribution in [2.45, 2.75) is 74.7 Å². The minimum atomic E-state index is -0.574. The number of piperazine rings is 1. The quantitative estimate of drug-likeness (QED) is 0.847. The van der Waals surface area contributed by atoms with Gasteiger partial charge in [0, 0.05) is 11.3 Å².